The number of anilines is 3. The number of hydrogen-bond acceptors (Lipinski definition) is 6. The van der Waals surface area contributed by atoms with Gasteiger partial charge in [0.1, 0.15) is 17.3 Å². The molecule has 0 aliphatic rings. The Morgan fingerprint density at radius 2 is 1.69 bits per heavy atom. The van der Waals surface area contributed by atoms with E-state index in [1.165, 1.54) is 0 Å². The van der Waals surface area contributed by atoms with Crippen LogP contribution in [0, 0.1) is 6.92 Å². The summed E-state index contributed by atoms with van der Waals surface area (Å²) in [4.78, 5) is 9.10. The van der Waals surface area contributed by atoms with Gasteiger partial charge in [0.15, 0.2) is 0 Å². The van der Waals surface area contributed by atoms with Crippen LogP contribution < -0.4 is 20.1 Å². The van der Waals surface area contributed by atoms with Gasteiger partial charge in [0.25, 0.3) is 0 Å². The third-order valence-corrected chi connectivity index (χ3v) is 4.24. The summed E-state index contributed by atoms with van der Waals surface area (Å²) >= 11 is 0. The van der Waals surface area contributed by atoms with E-state index in [-0.39, 0.29) is 6.10 Å². The number of rotatable bonds is 9. The van der Waals surface area contributed by atoms with Gasteiger partial charge in [0.05, 0.1) is 18.9 Å². The SMILES string of the molecule is COc1ccccc1CCNc1nc(C)cc(Nc2ccccc2OC(C)C)n1. The normalized spacial score (nSPS) is 10.7. The van der Waals surface area contributed by atoms with Gasteiger partial charge in [0.2, 0.25) is 5.95 Å². The van der Waals surface area contributed by atoms with Crippen molar-refractivity contribution in [1.82, 2.24) is 9.97 Å². The molecule has 0 aliphatic carbocycles. The van der Waals surface area contributed by atoms with Gasteiger partial charge in [-0.1, -0.05) is 30.3 Å². The van der Waals surface area contributed by atoms with Crippen LogP contribution in [0.5, 0.6) is 11.5 Å². The molecule has 0 saturated heterocycles. The van der Waals surface area contributed by atoms with Crippen molar-refractivity contribution in [1.29, 1.82) is 0 Å². The summed E-state index contributed by atoms with van der Waals surface area (Å²) in [6.45, 7) is 6.68. The summed E-state index contributed by atoms with van der Waals surface area (Å²) in [7, 11) is 1.69. The highest BCUT2D eigenvalue weighted by molar-refractivity contribution is 5.64. The van der Waals surface area contributed by atoms with E-state index in [1.807, 2.05) is 69.3 Å². The first-order valence-corrected chi connectivity index (χ1v) is 9.79. The fraction of sp³-hybridized carbons (Fsp3) is 0.304. The van der Waals surface area contributed by atoms with Crippen molar-refractivity contribution in [3.63, 3.8) is 0 Å². The molecular weight excluding hydrogens is 364 g/mol. The minimum atomic E-state index is 0.0947. The molecule has 0 fully saturated rings. The number of nitrogens with one attached hydrogen (secondary N) is 2. The zero-order valence-corrected chi connectivity index (χ0v) is 17.4. The van der Waals surface area contributed by atoms with Crippen molar-refractivity contribution in [2.45, 2.75) is 33.3 Å². The molecule has 0 aliphatic heterocycles. The summed E-state index contributed by atoms with van der Waals surface area (Å²) < 4.78 is 11.3. The van der Waals surface area contributed by atoms with E-state index in [0.29, 0.717) is 12.5 Å². The van der Waals surface area contributed by atoms with Crippen LogP contribution in [-0.4, -0.2) is 29.7 Å². The molecule has 0 unspecified atom stereocenters. The summed E-state index contributed by atoms with van der Waals surface area (Å²) in [5.74, 6) is 3.00. The number of ether oxygens (including phenoxy) is 2. The van der Waals surface area contributed by atoms with Crippen LogP contribution in [0.3, 0.4) is 0 Å². The quantitative estimate of drug-likeness (QED) is 0.535. The molecule has 152 valence electrons. The van der Waals surface area contributed by atoms with Gasteiger partial charge in [-0.25, -0.2) is 4.98 Å². The van der Waals surface area contributed by atoms with Crippen LogP contribution in [0.15, 0.2) is 54.6 Å². The lowest BCUT2D eigenvalue weighted by atomic mass is 10.1. The number of aryl methyl sites for hydroxylation is 1. The molecule has 3 rings (SSSR count). The van der Waals surface area contributed by atoms with Crippen LogP contribution >= 0.6 is 0 Å². The van der Waals surface area contributed by atoms with Gasteiger partial charge in [-0.15, -0.1) is 0 Å². The molecule has 0 atom stereocenters. The lowest BCUT2D eigenvalue weighted by Gasteiger charge is -2.16. The van der Waals surface area contributed by atoms with Crippen LogP contribution in [0.4, 0.5) is 17.5 Å². The zero-order chi connectivity index (χ0) is 20.6. The van der Waals surface area contributed by atoms with Crippen LogP contribution in [0.2, 0.25) is 0 Å². The van der Waals surface area contributed by atoms with Crippen molar-refractivity contribution in [2.24, 2.45) is 0 Å². The third-order valence-electron chi connectivity index (χ3n) is 4.24. The molecular formula is C23H28N4O2. The fourth-order valence-electron chi connectivity index (χ4n) is 2.99. The highest BCUT2D eigenvalue weighted by Crippen LogP contribution is 2.28. The second-order valence-corrected chi connectivity index (χ2v) is 6.99. The predicted octanol–water partition coefficient (Wildman–Crippen LogP) is 4.98. The Labute approximate surface area is 172 Å². The number of hydrogen-bond donors (Lipinski definition) is 2. The van der Waals surface area contributed by atoms with E-state index >= 15 is 0 Å². The Hall–Kier alpha value is -3.28. The van der Waals surface area contributed by atoms with Crippen molar-refractivity contribution in [2.75, 3.05) is 24.3 Å². The first-order valence-electron chi connectivity index (χ1n) is 9.79. The predicted molar refractivity (Wildman–Crippen MR) is 117 cm³/mol. The van der Waals surface area contributed by atoms with E-state index in [0.717, 1.165) is 40.7 Å². The van der Waals surface area contributed by atoms with E-state index in [1.54, 1.807) is 7.11 Å². The average Bonchev–Trinajstić information content (AvgIpc) is 2.69. The Morgan fingerprint density at radius 1 is 0.966 bits per heavy atom. The monoisotopic (exact) mass is 392 g/mol. The molecule has 0 saturated carbocycles. The summed E-state index contributed by atoms with van der Waals surface area (Å²) in [6.07, 6.45) is 0.909. The zero-order valence-electron chi connectivity index (χ0n) is 17.4. The Kier molecular flexibility index (Phi) is 6.89. The van der Waals surface area contributed by atoms with Gasteiger partial charge in [0, 0.05) is 18.3 Å². The lowest BCUT2D eigenvalue weighted by molar-refractivity contribution is 0.244. The standard InChI is InChI=1S/C23H28N4O2/c1-16(2)29-21-12-8-6-10-19(21)26-22-15-17(3)25-23(27-22)24-14-13-18-9-5-7-11-20(18)28-4/h5-12,15-16H,13-14H2,1-4H3,(H2,24,25,26,27). The molecule has 0 radical (unpaired) electrons. The summed E-state index contributed by atoms with van der Waals surface area (Å²) in [5, 5.41) is 6.66. The number of methoxy groups -OCH3 is 1. The summed E-state index contributed by atoms with van der Waals surface area (Å²) in [5.41, 5.74) is 2.90. The van der Waals surface area contributed by atoms with Crippen molar-refractivity contribution in [3.05, 3.63) is 65.9 Å². The molecule has 1 heterocycles. The largest absolute Gasteiger partial charge is 0.496 e. The molecule has 29 heavy (non-hydrogen) atoms. The second-order valence-electron chi connectivity index (χ2n) is 6.99. The maximum Gasteiger partial charge on any atom is 0.224 e. The molecule has 0 amide bonds. The van der Waals surface area contributed by atoms with Crippen LogP contribution in [-0.2, 0) is 6.42 Å². The number of para-hydroxylation sites is 3. The maximum atomic E-state index is 5.88. The van der Waals surface area contributed by atoms with Gasteiger partial charge < -0.3 is 20.1 Å². The molecule has 1 aromatic heterocycles. The summed E-state index contributed by atoms with van der Waals surface area (Å²) in [6, 6.07) is 17.8. The third kappa shape index (κ3) is 5.85. The highest BCUT2D eigenvalue weighted by Gasteiger charge is 2.08. The minimum Gasteiger partial charge on any atom is -0.496 e. The van der Waals surface area contributed by atoms with Crippen LogP contribution in [0.25, 0.3) is 0 Å². The van der Waals surface area contributed by atoms with E-state index < -0.39 is 0 Å². The van der Waals surface area contributed by atoms with Gasteiger partial charge in [-0.3, -0.25) is 0 Å². The molecule has 2 aromatic carbocycles. The van der Waals surface area contributed by atoms with Crippen LogP contribution in [0.1, 0.15) is 25.1 Å². The lowest BCUT2D eigenvalue weighted by Crippen LogP contribution is -2.11. The molecule has 6 nitrogen and oxygen atoms in total. The van der Waals surface area contributed by atoms with Crippen molar-refractivity contribution in [3.8, 4) is 11.5 Å². The molecule has 0 bridgehead atoms. The van der Waals surface area contributed by atoms with Crippen molar-refractivity contribution < 1.29 is 9.47 Å². The molecule has 3 aromatic rings. The molecule has 2 N–H and O–H groups in total. The Morgan fingerprint density at radius 3 is 2.45 bits per heavy atom. The topological polar surface area (TPSA) is 68.3 Å². The van der Waals surface area contributed by atoms with Gasteiger partial charge >= 0.3 is 0 Å². The smallest absolute Gasteiger partial charge is 0.224 e. The van der Waals surface area contributed by atoms with Gasteiger partial charge in [-0.2, -0.15) is 4.98 Å². The highest BCUT2D eigenvalue weighted by atomic mass is 16.5. The molecule has 0 spiro atoms. The van der Waals surface area contributed by atoms with E-state index in [9.17, 15) is 0 Å². The van der Waals surface area contributed by atoms with E-state index in [2.05, 4.69) is 26.7 Å². The maximum absolute atomic E-state index is 5.88. The minimum absolute atomic E-state index is 0.0947. The molecule has 6 heteroatoms. The first kappa shape index (κ1) is 20.5. The first-order chi connectivity index (χ1) is 14.0. The number of aromatic nitrogens is 2. The Balaban J connectivity index is 1.69. The average molecular weight is 393 g/mol. The number of nitrogens with zero attached hydrogens (tertiary/aromatic N) is 2. The Bertz CT molecular complexity index is 944. The van der Waals surface area contributed by atoms with E-state index in [4.69, 9.17) is 9.47 Å². The second kappa shape index (κ2) is 9.78. The fourth-order valence-corrected chi connectivity index (χ4v) is 2.99. The van der Waals surface area contributed by atoms with Gasteiger partial charge in [-0.05, 0) is 51.0 Å². The number of benzene rings is 2. The van der Waals surface area contributed by atoms with Crippen molar-refractivity contribution >= 4 is 17.5 Å².